The summed E-state index contributed by atoms with van der Waals surface area (Å²) in [4.78, 5) is 27.9. The van der Waals surface area contributed by atoms with Gasteiger partial charge in [-0.15, -0.1) is 5.10 Å². The zero-order chi connectivity index (χ0) is 22.0. The number of methoxy groups -OCH3 is 1. The van der Waals surface area contributed by atoms with Crippen LogP contribution in [0.4, 0.5) is 5.69 Å². The first-order chi connectivity index (χ1) is 15.0. The van der Waals surface area contributed by atoms with Gasteiger partial charge in [-0.1, -0.05) is 17.3 Å². The molecular formula is C23H25N5O3. The standard InChI is InChI=1S/C23H25N5O3/c1-15-7-6-8-19(20(15)23(30)27-13-4-5-14-27)24-22(29)21-16(2)28(26-25-21)17-9-11-18(31-3)12-10-17/h6-12H,4-5,13-14H2,1-3H3,(H,24,29). The van der Waals surface area contributed by atoms with Crippen LogP contribution >= 0.6 is 0 Å². The smallest absolute Gasteiger partial charge is 0.278 e. The highest BCUT2D eigenvalue weighted by atomic mass is 16.5. The van der Waals surface area contributed by atoms with Gasteiger partial charge in [0.2, 0.25) is 0 Å². The van der Waals surface area contributed by atoms with Crippen molar-refractivity contribution in [3.8, 4) is 11.4 Å². The normalized spacial score (nSPS) is 13.3. The Balaban J connectivity index is 1.60. The van der Waals surface area contributed by atoms with Crippen LogP contribution in [-0.4, -0.2) is 51.9 Å². The molecule has 1 saturated heterocycles. The molecule has 1 fully saturated rings. The zero-order valence-corrected chi connectivity index (χ0v) is 17.9. The van der Waals surface area contributed by atoms with Gasteiger partial charge in [0, 0.05) is 13.1 Å². The van der Waals surface area contributed by atoms with Gasteiger partial charge < -0.3 is 15.0 Å². The number of nitrogens with zero attached hydrogens (tertiary/aromatic N) is 4. The lowest BCUT2D eigenvalue weighted by Crippen LogP contribution is -2.29. The van der Waals surface area contributed by atoms with Crippen LogP contribution in [0.3, 0.4) is 0 Å². The first-order valence-corrected chi connectivity index (χ1v) is 10.3. The molecule has 31 heavy (non-hydrogen) atoms. The van der Waals surface area contributed by atoms with E-state index in [1.165, 1.54) is 0 Å². The van der Waals surface area contributed by atoms with Gasteiger partial charge in [-0.3, -0.25) is 9.59 Å². The Bertz CT molecular complexity index is 1110. The highest BCUT2D eigenvalue weighted by Crippen LogP contribution is 2.25. The minimum Gasteiger partial charge on any atom is -0.497 e. The molecular weight excluding hydrogens is 394 g/mol. The minimum atomic E-state index is -0.404. The molecule has 160 valence electrons. The first kappa shape index (κ1) is 20.6. The number of carbonyl (C=O) groups excluding carboxylic acids is 2. The van der Waals surface area contributed by atoms with E-state index in [1.54, 1.807) is 24.8 Å². The second kappa shape index (κ2) is 8.59. The summed E-state index contributed by atoms with van der Waals surface area (Å²) in [5.41, 5.74) is 3.41. The van der Waals surface area contributed by atoms with Crippen LogP contribution in [0.25, 0.3) is 5.69 Å². The van der Waals surface area contributed by atoms with Crippen LogP contribution in [0, 0.1) is 13.8 Å². The predicted octanol–water partition coefficient (Wildman–Crippen LogP) is 3.38. The molecule has 0 bridgehead atoms. The lowest BCUT2D eigenvalue weighted by molar-refractivity contribution is 0.0793. The fraction of sp³-hybridized carbons (Fsp3) is 0.304. The fourth-order valence-electron chi connectivity index (χ4n) is 3.82. The molecule has 1 N–H and O–H groups in total. The Morgan fingerprint density at radius 1 is 1.03 bits per heavy atom. The number of aryl methyl sites for hydroxylation is 1. The molecule has 0 aliphatic carbocycles. The SMILES string of the molecule is COc1ccc(-n2nnc(C(=O)Nc3cccc(C)c3C(=O)N3CCCC3)c2C)cc1. The first-order valence-electron chi connectivity index (χ1n) is 10.3. The van der Waals surface area contributed by atoms with Crippen molar-refractivity contribution < 1.29 is 14.3 Å². The number of aromatic nitrogens is 3. The third-order valence-corrected chi connectivity index (χ3v) is 5.55. The van der Waals surface area contributed by atoms with Crippen molar-refractivity contribution >= 4 is 17.5 Å². The molecule has 0 atom stereocenters. The van der Waals surface area contributed by atoms with Crippen LogP contribution in [-0.2, 0) is 0 Å². The number of anilines is 1. The van der Waals surface area contributed by atoms with Gasteiger partial charge in [0.1, 0.15) is 5.75 Å². The average Bonchev–Trinajstić information content (AvgIpc) is 3.44. The van der Waals surface area contributed by atoms with Gasteiger partial charge in [0.25, 0.3) is 11.8 Å². The van der Waals surface area contributed by atoms with E-state index in [1.807, 2.05) is 48.2 Å². The lowest BCUT2D eigenvalue weighted by Gasteiger charge is -2.19. The Hall–Kier alpha value is -3.68. The number of carbonyl (C=O) groups is 2. The molecule has 0 saturated carbocycles. The number of amides is 2. The molecule has 8 heteroatoms. The van der Waals surface area contributed by atoms with Crippen molar-refractivity contribution in [2.24, 2.45) is 0 Å². The van der Waals surface area contributed by atoms with Gasteiger partial charge in [-0.05, 0) is 62.6 Å². The Kier molecular flexibility index (Phi) is 5.70. The topological polar surface area (TPSA) is 89.3 Å². The number of likely N-dealkylation sites (tertiary alicyclic amines) is 1. The van der Waals surface area contributed by atoms with E-state index in [0.717, 1.165) is 42.9 Å². The minimum absolute atomic E-state index is 0.0514. The van der Waals surface area contributed by atoms with E-state index in [4.69, 9.17) is 4.74 Å². The summed E-state index contributed by atoms with van der Waals surface area (Å²) in [6.45, 7) is 5.15. The van der Waals surface area contributed by atoms with Crippen molar-refractivity contribution in [2.75, 3.05) is 25.5 Å². The van der Waals surface area contributed by atoms with Crippen molar-refractivity contribution in [3.05, 3.63) is 65.0 Å². The molecule has 8 nitrogen and oxygen atoms in total. The third-order valence-electron chi connectivity index (χ3n) is 5.55. The lowest BCUT2D eigenvalue weighted by atomic mass is 10.0. The molecule has 1 aromatic heterocycles. The maximum absolute atomic E-state index is 13.0. The van der Waals surface area contributed by atoms with E-state index in [-0.39, 0.29) is 11.6 Å². The number of hydrogen-bond acceptors (Lipinski definition) is 5. The monoisotopic (exact) mass is 419 g/mol. The zero-order valence-electron chi connectivity index (χ0n) is 17.9. The Morgan fingerprint density at radius 3 is 2.42 bits per heavy atom. The van der Waals surface area contributed by atoms with E-state index in [0.29, 0.717) is 16.9 Å². The molecule has 0 radical (unpaired) electrons. The number of hydrogen-bond donors (Lipinski definition) is 1. The molecule has 1 aliphatic rings. The largest absolute Gasteiger partial charge is 0.497 e. The van der Waals surface area contributed by atoms with Gasteiger partial charge >= 0.3 is 0 Å². The van der Waals surface area contributed by atoms with E-state index >= 15 is 0 Å². The highest BCUT2D eigenvalue weighted by molar-refractivity contribution is 6.09. The second-order valence-electron chi connectivity index (χ2n) is 7.58. The van der Waals surface area contributed by atoms with E-state index in [9.17, 15) is 9.59 Å². The van der Waals surface area contributed by atoms with E-state index < -0.39 is 5.91 Å². The molecule has 4 rings (SSSR count). The molecule has 2 heterocycles. The van der Waals surface area contributed by atoms with Crippen LogP contribution < -0.4 is 10.1 Å². The fourth-order valence-corrected chi connectivity index (χ4v) is 3.82. The number of rotatable bonds is 5. The number of ether oxygens (including phenoxy) is 1. The summed E-state index contributed by atoms with van der Waals surface area (Å²) in [7, 11) is 1.60. The van der Waals surface area contributed by atoms with Gasteiger partial charge in [-0.2, -0.15) is 0 Å². The van der Waals surface area contributed by atoms with Crippen LogP contribution in [0.15, 0.2) is 42.5 Å². The molecule has 2 aromatic carbocycles. The summed E-state index contributed by atoms with van der Waals surface area (Å²) >= 11 is 0. The molecule has 1 aliphatic heterocycles. The predicted molar refractivity (Wildman–Crippen MR) is 117 cm³/mol. The van der Waals surface area contributed by atoms with Crippen molar-refractivity contribution in [1.29, 1.82) is 0 Å². The van der Waals surface area contributed by atoms with Gasteiger partial charge in [0.05, 0.1) is 29.7 Å². The van der Waals surface area contributed by atoms with E-state index in [2.05, 4.69) is 15.6 Å². The van der Waals surface area contributed by atoms with Crippen LogP contribution in [0.2, 0.25) is 0 Å². The summed E-state index contributed by atoms with van der Waals surface area (Å²) < 4.78 is 6.78. The summed E-state index contributed by atoms with van der Waals surface area (Å²) in [6.07, 6.45) is 2.01. The number of nitrogens with one attached hydrogen (secondary N) is 1. The molecule has 3 aromatic rings. The maximum Gasteiger partial charge on any atom is 0.278 e. The summed E-state index contributed by atoms with van der Waals surface area (Å²) in [5, 5.41) is 11.1. The van der Waals surface area contributed by atoms with Crippen LogP contribution in [0.1, 0.15) is 44.9 Å². The summed E-state index contributed by atoms with van der Waals surface area (Å²) in [5.74, 6) is 0.275. The van der Waals surface area contributed by atoms with Crippen molar-refractivity contribution in [3.63, 3.8) is 0 Å². The average molecular weight is 419 g/mol. The van der Waals surface area contributed by atoms with Crippen LogP contribution in [0.5, 0.6) is 5.75 Å². The van der Waals surface area contributed by atoms with Gasteiger partial charge in [-0.25, -0.2) is 4.68 Å². The highest BCUT2D eigenvalue weighted by Gasteiger charge is 2.25. The maximum atomic E-state index is 13.0. The molecule has 0 unspecified atom stereocenters. The molecule has 0 spiro atoms. The number of benzene rings is 2. The Morgan fingerprint density at radius 2 is 1.74 bits per heavy atom. The van der Waals surface area contributed by atoms with Gasteiger partial charge in [0.15, 0.2) is 5.69 Å². The second-order valence-corrected chi connectivity index (χ2v) is 7.58. The molecule has 2 amide bonds. The Labute approximate surface area is 180 Å². The van der Waals surface area contributed by atoms with Crippen molar-refractivity contribution in [2.45, 2.75) is 26.7 Å². The third kappa shape index (κ3) is 4.01. The summed E-state index contributed by atoms with van der Waals surface area (Å²) in [6, 6.07) is 12.8. The quantitative estimate of drug-likeness (QED) is 0.685. The van der Waals surface area contributed by atoms with Crippen molar-refractivity contribution in [1.82, 2.24) is 19.9 Å².